The van der Waals surface area contributed by atoms with Crippen molar-refractivity contribution >= 4 is 37.1 Å². The Morgan fingerprint density at radius 3 is 2.69 bits per heavy atom. The predicted molar refractivity (Wildman–Crippen MR) is 55.4 cm³/mol. The first kappa shape index (κ1) is 11.4. The van der Waals surface area contributed by atoms with E-state index in [9.17, 15) is 8.42 Å². The van der Waals surface area contributed by atoms with Gasteiger partial charge in [0.25, 0.3) is 20.0 Å². The largest absolute Gasteiger partial charge is 0.481 e. The van der Waals surface area contributed by atoms with Crippen LogP contribution in [0.25, 0.3) is 5.78 Å². The van der Waals surface area contributed by atoms with E-state index >= 15 is 0 Å². The van der Waals surface area contributed by atoms with E-state index < -0.39 is 14.2 Å². The van der Waals surface area contributed by atoms with Gasteiger partial charge in [-0.3, -0.25) is 0 Å². The van der Waals surface area contributed by atoms with E-state index in [0.29, 0.717) is 0 Å². The Kier molecular flexibility index (Phi) is 2.64. The molecule has 0 aliphatic heterocycles. The van der Waals surface area contributed by atoms with Crippen molar-refractivity contribution in [2.24, 2.45) is 0 Å². The average Bonchev–Trinajstić information content (AvgIpc) is 2.59. The van der Waals surface area contributed by atoms with Gasteiger partial charge >= 0.3 is 0 Å². The average molecular weight is 283 g/mol. The summed E-state index contributed by atoms with van der Waals surface area (Å²) in [4.78, 5) is 7.38. The van der Waals surface area contributed by atoms with Crippen molar-refractivity contribution < 1.29 is 13.2 Å². The third-order valence-electron chi connectivity index (χ3n) is 1.66. The maximum atomic E-state index is 11.0. The van der Waals surface area contributed by atoms with Crippen molar-refractivity contribution in [2.75, 3.05) is 7.11 Å². The number of halogens is 2. The van der Waals surface area contributed by atoms with E-state index in [2.05, 4.69) is 15.1 Å². The maximum Gasteiger partial charge on any atom is 0.298 e. The molecule has 10 heteroatoms. The molecule has 2 aromatic rings. The topological polar surface area (TPSA) is 86.5 Å². The maximum absolute atomic E-state index is 11.0. The summed E-state index contributed by atoms with van der Waals surface area (Å²) in [5.74, 6) is 0.192. The summed E-state index contributed by atoms with van der Waals surface area (Å²) in [5, 5.41) is 3.19. The predicted octanol–water partition coefficient (Wildman–Crippen LogP) is 0.714. The van der Waals surface area contributed by atoms with Crippen molar-refractivity contribution in [3.63, 3.8) is 0 Å². The lowest BCUT2D eigenvalue weighted by Gasteiger charge is -2.00. The van der Waals surface area contributed by atoms with Crippen LogP contribution in [-0.2, 0) is 9.05 Å². The molecule has 0 amide bonds. The monoisotopic (exact) mass is 282 g/mol. The van der Waals surface area contributed by atoms with Gasteiger partial charge in [-0.1, -0.05) is 11.6 Å². The van der Waals surface area contributed by atoms with Crippen LogP contribution in [0.15, 0.2) is 11.2 Å². The van der Waals surface area contributed by atoms with Gasteiger partial charge in [0, 0.05) is 16.7 Å². The SMILES string of the molecule is COc1cc(Cl)nc2nc(S(=O)(=O)Cl)nn12. The standard InChI is InChI=1S/C6H4Cl2N4O3S/c1-15-4-2-3(7)9-5-10-6(11-12(4)5)16(8,13)14/h2H,1H3. The molecule has 0 radical (unpaired) electrons. The summed E-state index contributed by atoms with van der Waals surface area (Å²) in [7, 11) is 2.46. The minimum absolute atomic E-state index is 0.0106. The first-order chi connectivity index (χ1) is 7.41. The second-order valence-corrected chi connectivity index (χ2v) is 5.51. The van der Waals surface area contributed by atoms with Crippen LogP contribution < -0.4 is 4.74 Å². The zero-order valence-corrected chi connectivity index (χ0v) is 10.1. The number of methoxy groups -OCH3 is 1. The van der Waals surface area contributed by atoms with Crippen LogP contribution >= 0.6 is 22.3 Å². The van der Waals surface area contributed by atoms with Crippen LogP contribution in [0.1, 0.15) is 0 Å². The molecule has 0 bridgehead atoms. The van der Waals surface area contributed by atoms with Crippen molar-refractivity contribution in [3.8, 4) is 5.88 Å². The molecule has 16 heavy (non-hydrogen) atoms. The van der Waals surface area contributed by atoms with Gasteiger partial charge in [-0.2, -0.15) is 14.5 Å². The Bertz CT molecular complexity index is 653. The zero-order chi connectivity index (χ0) is 11.9. The number of nitrogens with zero attached hydrogens (tertiary/aromatic N) is 4. The molecule has 0 aliphatic carbocycles. The van der Waals surface area contributed by atoms with Crippen LogP contribution in [0.5, 0.6) is 5.88 Å². The molecule has 0 N–H and O–H groups in total. The van der Waals surface area contributed by atoms with E-state index in [-0.39, 0.29) is 16.8 Å². The highest BCUT2D eigenvalue weighted by Crippen LogP contribution is 2.19. The van der Waals surface area contributed by atoms with Crippen molar-refractivity contribution in [3.05, 3.63) is 11.2 Å². The molecule has 0 aromatic carbocycles. The Morgan fingerprint density at radius 2 is 2.12 bits per heavy atom. The van der Waals surface area contributed by atoms with Crippen LogP contribution in [0, 0.1) is 0 Å². The number of ether oxygens (including phenoxy) is 1. The minimum Gasteiger partial charge on any atom is -0.481 e. The fraction of sp³-hybridized carbons (Fsp3) is 0.167. The van der Waals surface area contributed by atoms with E-state index in [1.54, 1.807) is 0 Å². The van der Waals surface area contributed by atoms with Crippen LogP contribution in [-0.4, -0.2) is 35.1 Å². The van der Waals surface area contributed by atoms with Gasteiger partial charge in [0.2, 0.25) is 5.88 Å². The Balaban J connectivity index is 2.80. The number of aromatic nitrogens is 4. The fourth-order valence-corrected chi connectivity index (χ4v) is 1.78. The van der Waals surface area contributed by atoms with E-state index in [0.717, 1.165) is 4.52 Å². The number of fused-ring (bicyclic) bond motifs is 1. The summed E-state index contributed by atoms with van der Waals surface area (Å²) < 4.78 is 28.0. The van der Waals surface area contributed by atoms with E-state index in [1.165, 1.54) is 13.2 Å². The molecule has 2 heterocycles. The van der Waals surface area contributed by atoms with Crippen LogP contribution in [0.3, 0.4) is 0 Å². The molecule has 0 saturated carbocycles. The van der Waals surface area contributed by atoms with Crippen LogP contribution in [0.2, 0.25) is 5.15 Å². The molecule has 0 saturated heterocycles. The van der Waals surface area contributed by atoms with Crippen molar-refractivity contribution in [2.45, 2.75) is 5.16 Å². The molecule has 2 rings (SSSR count). The Hall–Kier alpha value is -1.12. The molecular formula is C6H4Cl2N4O3S. The molecule has 0 spiro atoms. The van der Waals surface area contributed by atoms with Gasteiger partial charge in [-0.15, -0.1) is 5.10 Å². The molecule has 0 aliphatic rings. The number of hydrogen-bond donors (Lipinski definition) is 0. The van der Waals surface area contributed by atoms with Gasteiger partial charge in [-0.05, 0) is 0 Å². The van der Waals surface area contributed by atoms with Crippen molar-refractivity contribution in [1.29, 1.82) is 0 Å². The molecular weight excluding hydrogens is 279 g/mol. The van der Waals surface area contributed by atoms with Gasteiger partial charge in [0.05, 0.1) is 7.11 Å². The van der Waals surface area contributed by atoms with E-state index in [4.69, 9.17) is 27.0 Å². The summed E-state index contributed by atoms with van der Waals surface area (Å²) >= 11 is 5.67. The second-order valence-electron chi connectivity index (χ2n) is 2.67. The third-order valence-corrected chi connectivity index (χ3v) is 2.87. The molecule has 2 aromatic heterocycles. The van der Waals surface area contributed by atoms with Crippen LogP contribution in [0.4, 0.5) is 0 Å². The van der Waals surface area contributed by atoms with Gasteiger partial charge < -0.3 is 4.74 Å². The number of rotatable bonds is 2. The van der Waals surface area contributed by atoms with E-state index in [1.807, 2.05) is 0 Å². The highest BCUT2D eigenvalue weighted by molar-refractivity contribution is 8.13. The van der Waals surface area contributed by atoms with Gasteiger partial charge in [-0.25, -0.2) is 8.42 Å². The highest BCUT2D eigenvalue weighted by atomic mass is 35.7. The molecule has 0 fully saturated rings. The van der Waals surface area contributed by atoms with Gasteiger partial charge in [0.15, 0.2) is 0 Å². The number of hydrogen-bond acceptors (Lipinski definition) is 6. The first-order valence-corrected chi connectivity index (χ1v) is 6.52. The van der Waals surface area contributed by atoms with Gasteiger partial charge in [0.1, 0.15) is 5.15 Å². The first-order valence-electron chi connectivity index (χ1n) is 3.84. The second kappa shape index (κ2) is 3.72. The summed E-state index contributed by atoms with van der Waals surface area (Å²) in [5.41, 5.74) is 0. The Labute approximate surface area is 99.4 Å². The highest BCUT2D eigenvalue weighted by Gasteiger charge is 2.19. The molecule has 86 valence electrons. The lowest BCUT2D eigenvalue weighted by molar-refractivity contribution is 0.383. The minimum atomic E-state index is -4.01. The normalized spacial score (nSPS) is 11.9. The quantitative estimate of drug-likeness (QED) is 0.596. The lowest BCUT2D eigenvalue weighted by Crippen LogP contribution is -1.98. The Morgan fingerprint density at radius 1 is 1.44 bits per heavy atom. The molecule has 0 atom stereocenters. The van der Waals surface area contributed by atoms with Crippen molar-refractivity contribution in [1.82, 2.24) is 19.6 Å². The summed E-state index contributed by atoms with van der Waals surface area (Å²) in [6.45, 7) is 0. The summed E-state index contributed by atoms with van der Waals surface area (Å²) in [6, 6.07) is 1.37. The molecule has 7 nitrogen and oxygen atoms in total. The lowest BCUT2D eigenvalue weighted by atomic mass is 10.6. The zero-order valence-electron chi connectivity index (χ0n) is 7.76. The summed E-state index contributed by atoms with van der Waals surface area (Å²) in [6.07, 6.45) is 0. The smallest absolute Gasteiger partial charge is 0.298 e. The molecule has 0 unspecified atom stereocenters. The third kappa shape index (κ3) is 1.91. The fourth-order valence-electron chi connectivity index (χ4n) is 1.05.